The second kappa shape index (κ2) is 5.57. The predicted octanol–water partition coefficient (Wildman–Crippen LogP) is 3.54. The molecule has 1 spiro atoms. The van der Waals surface area contributed by atoms with Gasteiger partial charge in [0.25, 0.3) is 0 Å². The molecule has 3 heteroatoms. The van der Waals surface area contributed by atoms with Gasteiger partial charge in [-0.15, -0.1) is 0 Å². The van der Waals surface area contributed by atoms with Crippen LogP contribution in [0.25, 0.3) is 0 Å². The van der Waals surface area contributed by atoms with Gasteiger partial charge in [0, 0.05) is 6.04 Å². The van der Waals surface area contributed by atoms with Gasteiger partial charge in [-0.2, -0.15) is 0 Å². The van der Waals surface area contributed by atoms with Crippen LogP contribution < -0.4 is 5.32 Å². The molecule has 3 rings (SSSR count). The van der Waals surface area contributed by atoms with Crippen molar-refractivity contribution in [3.63, 3.8) is 0 Å². The first-order valence-electron chi connectivity index (χ1n) is 9.05. The standard InChI is InChI=1S/C18H32N2O/c1-12(2)16-19-18(9-5-6-10-18)17(21)20(16)15-8-7-13(3)11-14(15)4/h12-16,19H,5-11H2,1-4H3. The van der Waals surface area contributed by atoms with Crippen LogP contribution in [0.15, 0.2) is 0 Å². The topological polar surface area (TPSA) is 32.3 Å². The Morgan fingerprint density at radius 1 is 1.19 bits per heavy atom. The molecule has 0 aromatic rings. The average Bonchev–Trinajstić information content (AvgIpc) is 2.99. The highest BCUT2D eigenvalue weighted by Gasteiger charge is 2.55. The zero-order valence-electron chi connectivity index (χ0n) is 14.2. The Morgan fingerprint density at radius 3 is 2.43 bits per heavy atom. The van der Waals surface area contributed by atoms with Crippen molar-refractivity contribution in [2.24, 2.45) is 17.8 Å². The minimum absolute atomic E-state index is 0.211. The fraction of sp³-hybridized carbons (Fsp3) is 0.944. The third kappa shape index (κ3) is 2.52. The first-order valence-corrected chi connectivity index (χ1v) is 9.05. The summed E-state index contributed by atoms with van der Waals surface area (Å²) in [6.45, 7) is 9.21. The number of nitrogens with one attached hydrogen (secondary N) is 1. The summed E-state index contributed by atoms with van der Waals surface area (Å²) in [5.74, 6) is 2.36. The predicted molar refractivity (Wildman–Crippen MR) is 85.8 cm³/mol. The van der Waals surface area contributed by atoms with Crippen molar-refractivity contribution in [2.45, 2.75) is 90.4 Å². The van der Waals surface area contributed by atoms with Gasteiger partial charge in [-0.25, -0.2) is 0 Å². The molecule has 2 saturated carbocycles. The Bertz CT molecular complexity index is 400. The van der Waals surface area contributed by atoms with Gasteiger partial charge in [0.05, 0.1) is 11.7 Å². The van der Waals surface area contributed by atoms with Crippen molar-refractivity contribution in [1.82, 2.24) is 10.2 Å². The largest absolute Gasteiger partial charge is 0.322 e. The molecule has 0 aromatic carbocycles. The van der Waals surface area contributed by atoms with Crippen molar-refractivity contribution in [2.75, 3.05) is 0 Å². The first kappa shape index (κ1) is 15.3. The summed E-state index contributed by atoms with van der Waals surface area (Å²) < 4.78 is 0. The van der Waals surface area contributed by atoms with Crippen LogP contribution in [0.4, 0.5) is 0 Å². The molecule has 3 fully saturated rings. The van der Waals surface area contributed by atoms with Crippen LogP contribution in [-0.2, 0) is 4.79 Å². The lowest BCUT2D eigenvalue weighted by Crippen LogP contribution is -2.51. The second-order valence-corrected chi connectivity index (χ2v) is 8.30. The molecule has 1 N–H and O–H groups in total. The van der Waals surface area contributed by atoms with Gasteiger partial charge in [0.2, 0.25) is 5.91 Å². The fourth-order valence-corrected chi connectivity index (χ4v) is 5.03. The van der Waals surface area contributed by atoms with Gasteiger partial charge in [0.1, 0.15) is 0 Å². The van der Waals surface area contributed by atoms with Crippen molar-refractivity contribution in [3.05, 3.63) is 0 Å². The molecule has 1 aliphatic heterocycles. The van der Waals surface area contributed by atoms with Crippen molar-refractivity contribution in [3.8, 4) is 0 Å². The molecule has 2 aliphatic carbocycles. The lowest BCUT2D eigenvalue weighted by Gasteiger charge is -2.42. The molecule has 21 heavy (non-hydrogen) atoms. The summed E-state index contributed by atoms with van der Waals surface area (Å²) in [6.07, 6.45) is 8.48. The maximum atomic E-state index is 13.2. The second-order valence-electron chi connectivity index (χ2n) is 8.30. The number of nitrogens with zero attached hydrogens (tertiary/aromatic N) is 1. The molecular formula is C18H32N2O. The van der Waals surface area contributed by atoms with E-state index in [0.717, 1.165) is 18.8 Å². The zero-order valence-corrected chi connectivity index (χ0v) is 14.2. The number of carbonyl (C=O) groups is 1. The van der Waals surface area contributed by atoms with Crippen LogP contribution in [0.2, 0.25) is 0 Å². The summed E-state index contributed by atoms with van der Waals surface area (Å²) >= 11 is 0. The van der Waals surface area contributed by atoms with E-state index in [1.807, 2.05) is 0 Å². The number of rotatable bonds is 2. The Kier molecular flexibility index (Phi) is 4.06. The van der Waals surface area contributed by atoms with Gasteiger partial charge in [0.15, 0.2) is 0 Å². The Balaban J connectivity index is 1.85. The molecule has 0 radical (unpaired) electrons. The maximum absolute atomic E-state index is 13.2. The molecule has 120 valence electrons. The highest BCUT2D eigenvalue weighted by molar-refractivity contribution is 5.89. The van der Waals surface area contributed by atoms with E-state index in [1.54, 1.807) is 0 Å². The number of hydrogen-bond acceptors (Lipinski definition) is 2. The first-order chi connectivity index (χ1) is 9.94. The molecule has 0 bridgehead atoms. The summed E-state index contributed by atoms with van der Waals surface area (Å²) in [5.41, 5.74) is -0.211. The SMILES string of the molecule is CC1CCC(N2C(=O)C3(CCCC3)NC2C(C)C)C(C)C1. The van der Waals surface area contributed by atoms with E-state index in [-0.39, 0.29) is 11.7 Å². The minimum atomic E-state index is -0.211. The molecule has 3 nitrogen and oxygen atoms in total. The van der Waals surface area contributed by atoms with Gasteiger partial charge in [-0.1, -0.05) is 40.5 Å². The van der Waals surface area contributed by atoms with Gasteiger partial charge in [-0.05, 0) is 49.9 Å². The highest BCUT2D eigenvalue weighted by Crippen LogP contribution is 2.42. The number of hydrogen-bond donors (Lipinski definition) is 1. The van der Waals surface area contributed by atoms with E-state index in [4.69, 9.17) is 0 Å². The normalized spacial score (nSPS) is 39.7. The summed E-state index contributed by atoms with van der Waals surface area (Å²) in [4.78, 5) is 15.5. The molecule has 4 unspecified atom stereocenters. The van der Waals surface area contributed by atoms with E-state index in [2.05, 4.69) is 37.9 Å². The maximum Gasteiger partial charge on any atom is 0.244 e. The van der Waals surface area contributed by atoms with Gasteiger partial charge in [-0.3, -0.25) is 10.1 Å². The van der Waals surface area contributed by atoms with Gasteiger partial charge >= 0.3 is 0 Å². The van der Waals surface area contributed by atoms with E-state index >= 15 is 0 Å². The van der Waals surface area contributed by atoms with Crippen LogP contribution in [0.3, 0.4) is 0 Å². The van der Waals surface area contributed by atoms with E-state index in [0.29, 0.717) is 23.8 Å². The Hall–Kier alpha value is -0.570. The van der Waals surface area contributed by atoms with Crippen molar-refractivity contribution in [1.29, 1.82) is 0 Å². The Morgan fingerprint density at radius 2 is 1.86 bits per heavy atom. The molecule has 1 heterocycles. The van der Waals surface area contributed by atoms with Crippen molar-refractivity contribution < 1.29 is 4.79 Å². The zero-order chi connectivity index (χ0) is 15.2. The van der Waals surface area contributed by atoms with E-state index in [1.165, 1.54) is 32.1 Å². The summed E-state index contributed by atoms with van der Waals surface area (Å²) in [5, 5.41) is 3.77. The van der Waals surface area contributed by atoms with Crippen LogP contribution in [0, 0.1) is 17.8 Å². The molecule has 3 aliphatic rings. The number of carbonyl (C=O) groups excluding carboxylic acids is 1. The number of amides is 1. The fourth-order valence-electron chi connectivity index (χ4n) is 5.03. The van der Waals surface area contributed by atoms with E-state index < -0.39 is 0 Å². The Labute approximate surface area is 129 Å². The molecular weight excluding hydrogens is 260 g/mol. The summed E-state index contributed by atoms with van der Waals surface area (Å²) in [6, 6.07) is 0.452. The molecule has 1 amide bonds. The van der Waals surface area contributed by atoms with Crippen LogP contribution >= 0.6 is 0 Å². The minimum Gasteiger partial charge on any atom is -0.322 e. The van der Waals surface area contributed by atoms with Gasteiger partial charge < -0.3 is 4.90 Å². The highest BCUT2D eigenvalue weighted by atomic mass is 16.2. The smallest absolute Gasteiger partial charge is 0.244 e. The monoisotopic (exact) mass is 292 g/mol. The summed E-state index contributed by atoms with van der Waals surface area (Å²) in [7, 11) is 0. The molecule has 0 aromatic heterocycles. The van der Waals surface area contributed by atoms with Crippen LogP contribution in [-0.4, -0.2) is 28.6 Å². The molecule has 1 saturated heterocycles. The third-order valence-electron chi connectivity index (χ3n) is 6.20. The van der Waals surface area contributed by atoms with Crippen molar-refractivity contribution >= 4 is 5.91 Å². The lowest BCUT2D eigenvalue weighted by atomic mass is 9.78. The van der Waals surface area contributed by atoms with Crippen LogP contribution in [0.5, 0.6) is 0 Å². The quantitative estimate of drug-likeness (QED) is 0.844. The molecule has 4 atom stereocenters. The lowest BCUT2D eigenvalue weighted by molar-refractivity contribution is -0.138. The third-order valence-corrected chi connectivity index (χ3v) is 6.20. The van der Waals surface area contributed by atoms with E-state index in [9.17, 15) is 4.79 Å². The average molecular weight is 292 g/mol. The van der Waals surface area contributed by atoms with Crippen LogP contribution in [0.1, 0.15) is 72.6 Å².